The van der Waals surface area contributed by atoms with Gasteiger partial charge in [-0.2, -0.15) is 0 Å². The van der Waals surface area contributed by atoms with Crippen LogP contribution in [-0.4, -0.2) is 48.6 Å². The van der Waals surface area contributed by atoms with Gasteiger partial charge < -0.3 is 27.2 Å². The van der Waals surface area contributed by atoms with Crippen molar-refractivity contribution < 1.29 is 19.5 Å². The molecule has 0 spiro atoms. The van der Waals surface area contributed by atoms with Gasteiger partial charge in [0.25, 0.3) is 0 Å². The van der Waals surface area contributed by atoms with Crippen molar-refractivity contribution in [2.24, 2.45) is 11.5 Å². The van der Waals surface area contributed by atoms with E-state index in [2.05, 4.69) is 10.6 Å². The highest BCUT2D eigenvalue weighted by atomic mass is 16.4. The van der Waals surface area contributed by atoms with Crippen LogP contribution in [0.3, 0.4) is 0 Å². The van der Waals surface area contributed by atoms with Crippen molar-refractivity contribution in [1.82, 2.24) is 10.6 Å². The summed E-state index contributed by atoms with van der Waals surface area (Å²) in [5, 5.41) is 13.0. The molecule has 2 amide bonds. The Morgan fingerprint density at radius 2 is 1.76 bits per heavy atom. The van der Waals surface area contributed by atoms with Crippen LogP contribution in [0.2, 0.25) is 0 Å². The van der Waals surface area contributed by atoms with Gasteiger partial charge in [-0.25, -0.2) is 0 Å². The molecular weight excluding hydrogens is 228 g/mol. The first-order chi connectivity index (χ1) is 7.99. The lowest BCUT2D eigenvalue weighted by atomic mass is 10.2. The van der Waals surface area contributed by atoms with Gasteiger partial charge in [0.15, 0.2) is 0 Å². The highest BCUT2D eigenvalue weighted by Gasteiger charge is 2.15. The Kier molecular flexibility index (Phi) is 7.65. The largest absolute Gasteiger partial charge is 0.480 e. The molecule has 7 N–H and O–H groups in total. The highest BCUT2D eigenvalue weighted by Crippen LogP contribution is 1.91. The molecule has 17 heavy (non-hydrogen) atoms. The van der Waals surface area contributed by atoms with Crippen molar-refractivity contribution in [3.63, 3.8) is 0 Å². The standard InChI is InChI=1S/C5H12N2O2.C4H6N2O2/c6-3-1-2-4(7)5(8)9;7-3-4(8)6-2-1-5-3/h4H,1-3,6-7H2,(H,8,9);1-2H2,(H,5,7)(H,6,8)/t4-;/m0./s1. The zero-order valence-corrected chi connectivity index (χ0v) is 9.44. The molecule has 8 nitrogen and oxygen atoms in total. The van der Waals surface area contributed by atoms with Gasteiger partial charge in [-0.05, 0) is 19.4 Å². The molecule has 1 saturated heterocycles. The number of carbonyl (C=O) groups is 3. The summed E-state index contributed by atoms with van der Waals surface area (Å²) < 4.78 is 0. The molecule has 0 saturated carbocycles. The Morgan fingerprint density at radius 1 is 1.29 bits per heavy atom. The Hall–Kier alpha value is -1.67. The molecule has 0 unspecified atom stereocenters. The van der Waals surface area contributed by atoms with Crippen molar-refractivity contribution in [2.45, 2.75) is 18.9 Å². The Bertz CT molecular complexity index is 266. The number of amides is 2. The number of rotatable bonds is 4. The first-order valence-electron chi connectivity index (χ1n) is 5.23. The molecule has 98 valence electrons. The van der Waals surface area contributed by atoms with Gasteiger partial charge in [0.1, 0.15) is 6.04 Å². The number of piperazine rings is 1. The van der Waals surface area contributed by atoms with E-state index < -0.39 is 23.8 Å². The van der Waals surface area contributed by atoms with E-state index in [1.807, 2.05) is 0 Å². The summed E-state index contributed by atoms with van der Waals surface area (Å²) in [4.78, 5) is 30.6. The SMILES string of the molecule is NCCC[C@H](N)C(=O)O.O=C1NCCNC1=O. The average Bonchev–Trinajstić information content (AvgIpc) is 2.30. The van der Waals surface area contributed by atoms with Crippen LogP contribution in [0, 0.1) is 0 Å². The molecule has 1 aliphatic heterocycles. The zero-order valence-electron chi connectivity index (χ0n) is 9.44. The van der Waals surface area contributed by atoms with Gasteiger partial charge in [0, 0.05) is 13.1 Å². The average molecular weight is 246 g/mol. The van der Waals surface area contributed by atoms with E-state index >= 15 is 0 Å². The van der Waals surface area contributed by atoms with Crippen molar-refractivity contribution in [1.29, 1.82) is 0 Å². The summed E-state index contributed by atoms with van der Waals surface area (Å²) in [6.45, 7) is 1.59. The third-order valence-electron chi connectivity index (χ3n) is 1.94. The van der Waals surface area contributed by atoms with Gasteiger partial charge >= 0.3 is 17.8 Å². The molecular formula is C9H18N4O4. The smallest absolute Gasteiger partial charge is 0.320 e. The summed E-state index contributed by atoms with van der Waals surface area (Å²) in [5.74, 6) is -2.02. The summed E-state index contributed by atoms with van der Waals surface area (Å²) in [7, 11) is 0. The van der Waals surface area contributed by atoms with Gasteiger partial charge in [0.05, 0.1) is 0 Å². The van der Waals surface area contributed by atoms with Crippen LogP contribution >= 0.6 is 0 Å². The maximum atomic E-state index is 10.3. The number of aliphatic carboxylic acids is 1. The van der Waals surface area contributed by atoms with Gasteiger partial charge in [-0.15, -0.1) is 0 Å². The highest BCUT2D eigenvalue weighted by molar-refractivity contribution is 6.35. The normalized spacial score (nSPS) is 16.1. The van der Waals surface area contributed by atoms with Crippen molar-refractivity contribution >= 4 is 17.8 Å². The van der Waals surface area contributed by atoms with E-state index in [0.29, 0.717) is 32.5 Å². The second-order valence-electron chi connectivity index (χ2n) is 3.39. The Balaban J connectivity index is 0.000000302. The third-order valence-corrected chi connectivity index (χ3v) is 1.94. The number of carboxylic acid groups (broad SMARTS) is 1. The summed E-state index contributed by atoms with van der Waals surface area (Å²) in [5.41, 5.74) is 10.3. The van der Waals surface area contributed by atoms with Crippen LogP contribution in [0.5, 0.6) is 0 Å². The zero-order chi connectivity index (χ0) is 13.3. The summed E-state index contributed by atoms with van der Waals surface area (Å²) >= 11 is 0. The lowest BCUT2D eigenvalue weighted by molar-refractivity contribution is -0.140. The predicted octanol–water partition coefficient (Wildman–Crippen LogP) is -2.63. The summed E-state index contributed by atoms with van der Waals surface area (Å²) in [6.07, 6.45) is 1.14. The summed E-state index contributed by atoms with van der Waals surface area (Å²) in [6, 6.07) is -0.742. The Labute approximate surface area is 98.7 Å². The van der Waals surface area contributed by atoms with Crippen molar-refractivity contribution in [2.75, 3.05) is 19.6 Å². The van der Waals surface area contributed by atoms with Gasteiger partial charge in [-0.3, -0.25) is 14.4 Å². The van der Waals surface area contributed by atoms with Crippen LogP contribution in [-0.2, 0) is 14.4 Å². The second-order valence-corrected chi connectivity index (χ2v) is 3.39. The van der Waals surface area contributed by atoms with E-state index in [1.165, 1.54) is 0 Å². The molecule has 1 aliphatic rings. The molecule has 0 aromatic carbocycles. The molecule has 1 fully saturated rings. The minimum absolute atomic E-state index is 0.464. The lowest BCUT2D eigenvalue weighted by Crippen LogP contribution is -2.49. The Morgan fingerprint density at radius 3 is 2.06 bits per heavy atom. The topological polar surface area (TPSA) is 148 Å². The first kappa shape index (κ1) is 15.3. The molecule has 1 rings (SSSR count). The number of nitrogens with two attached hydrogens (primary N) is 2. The maximum Gasteiger partial charge on any atom is 0.320 e. The molecule has 1 atom stereocenters. The van der Waals surface area contributed by atoms with Crippen LogP contribution in [0.4, 0.5) is 0 Å². The maximum absolute atomic E-state index is 10.3. The van der Waals surface area contributed by atoms with E-state index in [9.17, 15) is 14.4 Å². The van der Waals surface area contributed by atoms with Crippen LogP contribution in [0.1, 0.15) is 12.8 Å². The van der Waals surface area contributed by atoms with Crippen LogP contribution < -0.4 is 22.1 Å². The van der Waals surface area contributed by atoms with E-state index in [-0.39, 0.29) is 0 Å². The number of hydrogen-bond donors (Lipinski definition) is 5. The van der Waals surface area contributed by atoms with E-state index in [4.69, 9.17) is 16.6 Å². The third kappa shape index (κ3) is 7.25. The molecule has 0 radical (unpaired) electrons. The number of carbonyl (C=O) groups excluding carboxylic acids is 2. The van der Waals surface area contributed by atoms with Gasteiger partial charge in [0.2, 0.25) is 0 Å². The van der Waals surface area contributed by atoms with Crippen molar-refractivity contribution in [3.8, 4) is 0 Å². The molecule has 0 aliphatic carbocycles. The molecule has 0 bridgehead atoms. The molecule has 1 heterocycles. The van der Waals surface area contributed by atoms with E-state index in [1.54, 1.807) is 0 Å². The predicted molar refractivity (Wildman–Crippen MR) is 59.9 cm³/mol. The minimum atomic E-state index is -0.955. The quantitative estimate of drug-likeness (QED) is 0.343. The molecule has 8 heteroatoms. The fourth-order valence-corrected chi connectivity index (χ4v) is 0.974. The van der Waals surface area contributed by atoms with Crippen molar-refractivity contribution in [3.05, 3.63) is 0 Å². The van der Waals surface area contributed by atoms with Crippen LogP contribution in [0.15, 0.2) is 0 Å². The minimum Gasteiger partial charge on any atom is -0.480 e. The fourth-order valence-electron chi connectivity index (χ4n) is 0.974. The number of hydrogen-bond acceptors (Lipinski definition) is 5. The molecule has 0 aromatic heterocycles. The van der Waals surface area contributed by atoms with E-state index in [0.717, 1.165) is 0 Å². The first-order valence-corrected chi connectivity index (χ1v) is 5.23. The molecule has 0 aromatic rings. The number of nitrogens with one attached hydrogen (secondary N) is 2. The van der Waals surface area contributed by atoms with Gasteiger partial charge in [-0.1, -0.05) is 0 Å². The lowest BCUT2D eigenvalue weighted by Gasteiger charge is -2.10. The monoisotopic (exact) mass is 246 g/mol. The van der Waals surface area contributed by atoms with Crippen LogP contribution in [0.25, 0.3) is 0 Å². The number of carboxylic acids is 1. The second kappa shape index (κ2) is 8.48. The fraction of sp³-hybridized carbons (Fsp3) is 0.667.